The summed E-state index contributed by atoms with van der Waals surface area (Å²) in [4.78, 5) is 13.3. The first-order valence-corrected chi connectivity index (χ1v) is 7.84. The zero-order valence-electron chi connectivity index (χ0n) is 13.1. The van der Waals surface area contributed by atoms with Gasteiger partial charge in [0.05, 0.1) is 17.7 Å². The highest BCUT2D eigenvalue weighted by atomic mass is 16.6. The minimum absolute atomic E-state index is 0.0576. The monoisotopic (exact) mass is 316 g/mol. The molecule has 2 heterocycles. The lowest BCUT2D eigenvalue weighted by molar-refractivity contribution is -0.385. The number of H-pyrrole nitrogens is 1. The van der Waals surface area contributed by atoms with Gasteiger partial charge in [-0.1, -0.05) is 6.07 Å². The number of nitro benzene ring substituents is 1. The van der Waals surface area contributed by atoms with E-state index in [-0.39, 0.29) is 10.6 Å². The van der Waals surface area contributed by atoms with Crippen LogP contribution in [0.1, 0.15) is 31.2 Å². The van der Waals surface area contributed by atoms with Crippen molar-refractivity contribution in [3.63, 3.8) is 0 Å². The number of ether oxygens (including phenoxy) is 1. The Balaban J connectivity index is 1.91. The number of anilines is 1. The molecule has 23 heavy (non-hydrogen) atoms. The molecule has 1 atom stereocenters. The van der Waals surface area contributed by atoms with Gasteiger partial charge in [-0.05, 0) is 37.5 Å². The fourth-order valence-corrected chi connectivity index (χ4v) is 3.17. The highest BCUT2D eigenvalue weighted by Gasteiger charge is 2.29. The summed E-state index contributed by atoms with van der Waals surface area (Å²) in [6.45, 7) is 3.79. The zero-order valence-corrected chi connectivity index (χ0v) is 13.1. The second-order valence-electron chi connectivity index (χ2n) is 5.63. The van der Waals surface area contributed by atoms with Crippen LogP contribution in [0.25, 0.3) is 0 Å². The van der Waals surface area contributed by atoms with Crippen LogP contribution in [0.3, 0.4) is 0 Å². The van der Waals surface area contributed by atoms with Crippen molar-refractivity contribution in [3.05, 3.63) is 46.3 Å². The SMILES string of the molecule is CCOc1cccc(N2CCC[C@H](c3cn[nH]c3)C2)c1[N+](=O)[O-]. The number of rotatable bonds is 5. The largest absolute Gasteiger partial charge is 0.487 e. The van der Waals surface area contributed by atoms with Crippen LogP contribution in [0.2, 0.25) is 0 Å². The smallest absolute Gasteiger partial charge is 0.333 e. The number of hydrogen-bond donors (Lipinski definition) is 1. The molecule has 0 radical (unpaired) electrons. The Bertz CT molecular complexity index is 672. The molecule has 0 unspecified atom stereocenters. The molecule has 1 aliphatic heterocycles. The molecule has 3 rings (SSSR count). The summed E-state index contributed by atoms with van der Waals surface area (Å²) in [6.07, 6.45) is 5.79. The van der Waals surface area contributed by atoms with E-state index < -0.39 is 0 Å². The first kappa shape index (κ1) is 15.3. The average molecular weight is 316 g/mol. The Labute approximate surface area is 134 Å². The maximum Gasteiger partial charge on any atom is 0.333 e. The second kappa shape index (κ2) is 6.68. The van der Waals surface area contributed by atoms with Crippen LogP contribution in [0, 0.1) is 10.1 Å². The normalized spacial score (nSPS) is 18.0. The van der Waals surface area contributed by atoms with Crippen LogP contribution in [0.15, 0.2) is 30.6 Å². The minimum Gasteiger partial charge on any atom is -0.487 e. The molecule has 1 aliphatic rings. The van der Waals surface area contributed by atoms with Gasteiger partial charge in [-0.15, -0.1) is 0 Å². The summed E-state index contributed by atoms with van der Waals surface area (Å²) in [5.41, 5.74) is 1.84. The molecule has 0 saturated carbocycles. The van der Waals surface area contributed by atoms with Crippen molar-refractivity contribution in [2.24, 2.45) is 0 Å². The lowest BCUT2D eigenvalue weighted by Crippen LogP contribution is -2.34. The van der Waals surface area contributed by atoms with Gasteiger partial charge in [-0.3, -0.25) is 15.2 Å². The number of nitrogens with zero attached hydrogens (tertiary/aromatic N) is 3. The second-order valence-corrected chi connectivity index (χ2v) is 5.63. The van der Waals surface area contributed by atoms with Gasteiger partial charge in [-0.2, -0.15) is 5.10 Å². The first-order chi connectivity index (χ1) is 11.2. The number of nitrogens with one attached hydrogen (secondary N) is 1. The molecule has 1 N–H and O–H groups in total. The van der Waals surface area contributed by atoms with Crippen molar-refractivity contribution in [2.45, 2.75) is 25.7 Å². The summed E-state index contributed by atoms with van der Waals surface area (Å²) >= 11 is 0. The van der Waals surface area contributed by atoms with Crippen molar-refractivity contribution in [2.75, 3.05) is 24.6 Å². The van der Waals surface area contributed by atoms with Gasteiger partial charge in [0.2, 0.25) is 0 Å². The number of aromatic amines is 1. The Hall–Kier alpha value is -2.57. The standard InChI is InChI=1S/C16H20N4O3/c1-2-23-15-7-3-6-14(16(15)20(21)22)19-8-4-5-12(11-19)13-9-17-18-10-13/h3,6-7,9-10,12H,2,4-5,8,11H2,1H3,(H,17,18)/t12-/m0/s1. The Morgan fingerprint density at radius 3 is 3.09 bits per heavy atom. The van der Waals surface area contributed by atoms with Crippen molar-refractivity contribution in [1.29, 1.82) is 0 Å². The number of nitro groups is 1. The van der Waals surface area contributed by atoms with Gasteiger partial charge in [0.15, 0.2) is 5.75 Å². The third-order valence-electron chi connectivity index (χ3n) is 4.21. The lowest BCUT2D eigenvalue weighted by atomic mass is 9.92. The molecule has 2 aromatic rings. The first-order valence-electron chi connectivity index (χ1n) is 7.84. The fraction of sp³-hybridized carbons (Fsp3) is 0.438. The fourth-order valence-electron chi connectivity index (χ4n) is 3.17. The van der Waals surface area contributed by atoms with Crippen molar-refractivity contribution >= 4 is 11.4 Å². The van der Waals surface area contributed by atoms with Crippen molar-refractivity contribution in [1.82, 2.24) is 10.2 Å². The molecule has 1 fully saturated rings. The third-order valence-corrected chi connectivity index (χ3v) is 4.21. The molecule has 0 aliphatic carbocycles. The maximum atomic E-state index is 11.6. The quantitative estimate of drug-likeness (QED) is 0.677. The highest BCUT2D eigenvalue weighted by Crippen LogP contribution is 2.39. The molecule has 7 nitrogen and oxygen atoms in total. The van der Waals surface area contributed by atoms with Gasteiger partial charge < -0.3 is 9.64 Å². The van der Waals surface area contributed by atoms with Gasteiger partial charge >= 0.3 is 5.69 Å². The molecular weight excluding hydrogens is 296 g/mol. The number of benzene rings is 1. The van der Waals surface area contributed by atoms with Gasteiger partial charge in [0, 0.05) is 25.2 Å². The third kappa shape index (κ3) is 3.13. The van der Waals surface area contributed by atoms with Crippen LogP contribution in [0.5, 0.6) is 5.75 Å². The molecule has 1 aromatic carbocycles. The summed E-state index contributed by atoms with van der Waals surface area (Å²) in [5.74, 6) is 0.665. The summed E-state index contributed by atoms with van der Waals surface area (Å²) in [7, 11) is 0. The van der Waals surface area contributed by atoms with E-state index >= 15 is 0 Å². The number of aromatic nitrogens is 2. The molecule has 7 heteroatoms. The number of piperidine rings is 1. The van der Waals surface area contributed by atoms with Crippen LogP contribution < -0.4 is 9.64 Å². The predicted molar refractivity (Wildman–Crippen MR) is 87.0 cm³/mol. The summed E-state index contributed by atoms with van der Waals surface area (Å²) in [6, 6.07) is 5.27. The number of para-hydroxylation sites is 1. The van der Waals surface area contributed by atoms with Crippen LogP contribution >= 0.6 is 0 Å². The van der Waals surface area contributed by atoms with E-state index in [1.807, 2.05) is 25.4 Å². The Kier molecular flexibility index (Phi) is 4.45. The van der Waals surface area contributed by atoms with E-state index in [0.29, 0.717) is 24.0 Å². The Morgan fingerprint density at radius 2 is 2.39 bits per heavy atom. The van der Waals surface area contributed by atoms with E-state index in [1.54, 1.807) is 12.1 Å². The zero-order chi connectivity index (χ0) is 16.2. The van der Waals surface area contributed by atoms with Gasteiger partial charge in [0.1, 0.15) is 5.69 Å². The van der Waals surface area contributed by atoms with Crippen LogP contribution in [0.4, 0.5) is 11.4 Å². The van der Waals surface area contributed by atoms with E-state index in [2.05, 4.69) is 15.1 Å². The lowest BCUT2D eigenvalue weighted by Gasteiger charge is -2.33. The summed E-state index contributed by atoms with van der Waals surface area (Å²) < 4.78 is 5.45. The molecule has 0 amide bonds. The van der Waals surface area contributed by atoms with E-state index in [1.165, 1.54) is 0 Å². The topological polar surface area (TPSA) is 84.3 Å². The minimum atomic E-state index is -0.345. The van der Waals surface area contributed by atoms with Crippen LogP contribution in [-0.2, 0) is 0 Å². The van der Waals surface area contributed by atoms with Crippen molar-refractivity contribution < 1.29 is 9.66 Å². The molecule has 1 saturated heterocycles. The predicted octanol–water partition coefficient (Wildman–Crippen LogP) is 3.10. The van der Waals surface area contributed by atoms with E-state index in [0.717, 1.165) is 31.5 Å². The molecule has 1 aromatic heterocycles. The molecule has 0 bridgehead atoms. The molecular formula is C16H20N4O3. The Morgan fingerprint density at radius 1 is 1.52 bits per heavy atom. The van der Waals surface area contributed by atoms with E-state index in [4.69, 9.17) is 4.74 Å². The highest BCUT2D eigenvalue weighted by molar-refractivity contribution is 5.70. The molecule has 0 spiro atoms. The van der Waals surface area contributed by atoms with Crippen LogP contribution in [-0.4, -0.2) is 34.8 Å². The van der Waals surface area contributed by atoms with Gasteiger partial charge in [-0.25, -0.2) is 0 Å². The number of hydrogen-bond acceptors (Lipinski definition) is 5. The summed E-state index contributed by atoms with van der Waals surface area (Å²) in [5, 5.41) is 18.4. The van der Waals surface area contributed by atoms with Crippen molar-refractivity contribution in [3.8, 4) is 5.75 Å². The van der Waals surface area contributed by atoms with Gasteiger partial charge in [0.25, 0.3) is 0 Å². The van der Waals surface area contributed by atoms with E-state index in [9.17, 15) is 10.1 Å². The maximum absolute atomic E-state index is 11.6. The average Bonchev–Trinajstić information content (AvgIpc) is 3.09. The molecule has 122 valence electrons.